The summed E-state index contributed by atoms with van der Waals surface area (Å²) >= 11 is 13.5. The Hall–Kier alpha value is 7.94. The molecule has 0 fully saturated rings. The Kier molecular flexibility index (Phi) is 55.0. The predicted octanol–water partition coefficient (Wildman–Crippen LogP) is -64.3. The van der Waals surface area contributed by atoms with Crippen molar-refractivity contribution in [1.29, 1.82) is 0 Å². The second kappa shape index (κ2) is 51.1. The third-order valence-corrected chi connectivity index (χ3v) is 38.6. The predicted molar refractivity (Wildman–Crippen MR) is 753 cm³/mol. The molecule has 424 valence electrons. The van der Waals surface area contributed by atoms with E-state index in [1.165, 1.54) is 7.06 Å². The van der Waals surface area contributed by atoms with Gasteiger partial charge in [0.2, 0.25) is 0 Å². The molecule has 0 heterocycles. The van der Waals surface area contributed by atoms with Crippen molar-refractivity contribution >= 4 is 751 Å². The summed E-state index contributed by atoms with van der Waals surface area (Å²) in [6, 6.07) is 0. The van der Waals surface area contributed by atoms with Gasteiger partial charge in [-0.2, -0.15) is 0 Å². The van der Waals surface area contributed by atoms with Gasteiger partial charge in [-0.05, 0) is 0 Å². The van der Waals surface area contributed by atoms with Crippen LogP contribution in [0.2, 0.25) is 0 Å². The van der Waals surface area contributed by atoms with Gasteiger partial charge in [0.05, 0.1) is 407 Å². The molecule has 0 radical (unpaired) electrons. The Labute approximate surface area is 742 Å². The van der Waals surface area contributed by atoms with E-state index in [0.29, 0.717) is 306 Å². The molecule has 0 aliphatic heterocycles. The van der Waals surface area contributed by atoms with Crippen molar-refractivity contribution in [2.75, 3.05) is 0 Å². The highest BCUT2D eigenvalue weighted by Crippen LogP contribution is 2.64. The third-order valence-electron chi connectivity index (χ3n) is 30.2. The van der Waals surface area contributed by atoms with Crippen molar-refractivity contribution in [3.05, 3.63) is 0 Å². The third kappa shape index (κ3) is 29.6. The number of halogens is 1. The van der Waals surface area contributed by atoms with E-state index in [1.54, 1.807) is 0 Å². The first-order chi connectivity index (χ1) is 47.2. The van der Waals surface area contributed by atoms with Crippen LogP contribution in [0.25, 0.3) is 0 Å². The lowest BCUT2D eigenvalue weighted by Crippen LogP contribution is -2.96. The van der Waals surface area contributed by atoms with Crippen LogP contribution in [-0.2, 0) is 11.8 Å². The average molecular weight is 1390 g/mol. The Morgan fingerprint density at radius 2 is 0.250 bits per heavy atom. The van der Waals surface area contributed by atoms with Crippen LogP contribution in [0.1, 0.15) is 0 Å². The average Bonchev–Trinajstić information content (AvgIpc) is 3.41. The van der Waals surface area contributed by atoms with Crippen LogP contribution in [0.3, 0.4) is 0 Å². The van der Waals surface area contributed by atoms with Crippen molar-refractivity contribution in [1.82, 2.24) is 0 Å². The van der Waals surface area contributed by atoms with Gasteiger partial charge in [0.15, 0.2) is 0 Å². The molecule has 0 aliphatic rings. The molecule has 104 heavy (non-hydrogen) atoms. The summed E-state index contributed by atoms with van der Waals surface area (Å²) in [5.74, 6) is 0. The monoisotopic (exact) mass is 1410 g/mol. The van der Waals surface area contributed by atoms with Crippen molar-refractivity contribution in [3.8, 4) is 0 Å². The van der Waals surface area contributed by atoms with Crippen LogP contribution in [0.5, 0.6) is 0 Å². The molecule has 1 unspecified atom stereocenters. The van der Waals surface area contributed by atoms with Gasteiger partial charge in [-0.3, -0.25) is 0 Å². The highest BCUT2D eigenvalue weighted by molar-refractivity contribution is 14.2. The zero-order chi connectivity index (χ0) is 82.5. The minimum Gasteiger partial charge on any atom is -0.109 e. The van der Waals surface area contributed by atoms with E-state index >= 15 is 0 Å². The Bertz CT molecular complexity index is 1900. The Morgan fingerprint density at radius 1 is 0.154 bits per heavy atom. The summed E-state index contributed by atoms with van der Waals surface area (Å²) in [5.41, 5.74) is 0. The van der Waals surface area contributed by atoms with Crippen LogP contribution >= 0.6 is 25.5 Å². The summed E-state index contributed by atoms with van der Waals surface area (Å²) in [4.78, 5) is 0. The molecule has 0 aromatic carbocycles. The first-order valence-electron chi connectivity index (χ1n) is 46.5. The van der Waals surface area contributed by atoms with E-state index in [9.17, 15) is 11.8 Å². The molecule has 0 nitrogen and oxygen atoms in total. The van der Waals surface area contributed by atoms with Crippen molar-refractivity contribution < 1.29 is 0 Å². The van der Waals surface area contributed by atoms with E-state index in [0.717, 1.165) is 0 Å². The largest absolute Gasteiger partial charge is 0.109 e. The zero-order valence-electron chi connectivity index (χ0n) is 81.2. The minimum atomic E-state index is -2.99. The van der Waals surface area contributed by atoms with E-state index < -0.39 is 3.44 Å². The van der Waals surface area contributed by atoms with Gasteiger partial charge in [-0.1, -0.05) is 25.5 Å². The molecule has 0 saturated carbocycles. The quantitative estimate of drug-likeness (QED) is 0.0332. The molecular formula is H103B101IPS. The Balaban J connectivity index is 14.5. The first-order valence-corrected chi connectivity index (χ1v) is 52.2. The van der Waals surface area contributed by atoms with Gasteiger partial charge in [0, 0.05) is 307 Å². The maximum atomic E-state index is 9.81. The van der Waals surface area contributed by atoms with E-state index in [4.69, 9.17) is 0 Å². The smallest absolute Gasteiger partial charge is 0.0888 e. The van der Waals surface area contributed by atoms with E-state index in [1.807, 2.05) is 0 Å². The highest BCUT2D eigenvalue weighted by atomic mass is 127. The second-order valence-electron chi connectivity index (χ2n) is 45.9. The van der Waals surface area contributed by atoms with Crippen LogP contribution in [0.15, 0.2) is 0 Å². The van der Waals surface area contributed by atoms with Gasteiger partial charge in [-0.15, -0.1) is 11.8 Å². The second-order valence-corrected chi connectivity index (χ2v) is 56.9. The SMILES string of the molecule is BBB(B(B)B)B(B(B(B)B)B(B)B)B(B(B(B)B)B(B)B)B(B(B(B(B)B)B(B)B)B(B(B)B)B(B)B)P(=S)(I)B(B(B(B(B(B)B)B(B)B)B(B(B)B)B(B)B)B(B(B(B)B)B(B)B)B(B(B)B)B(B)B)B(B(B(B(B)B)B(B)B)B(B(B)B)B(B)B)B(B(B(B)B)B(B)B)B(B(B)B)B(B)B. The van der Waals surface area contributed by atoms with Gasteiger partial charge in [0.25, 0.3) is 0 Å². The van der Waals surface area contributed by atoms with Crippen molar-refractivity contribution in [3.63, 3.8) is 0 Å². The molecule has 1 atom stereocenters. The fraction of sp³-hybridized carbons (Fsp3) is 0. The number of hydrogen-bond donors (Lipinski definition) is 0. The van der Waals surface area contributed by atoms with Gasteiger partial charge < -0.3 is 0 Å². The molecule has 0 rings (SSSR count). The van der Waals surface area contributed by atoms with Gasteiger partial charge in [-0.25, -0.2) is 0 Å². The van der Waals surface area contributed by atoms with Crippen LogP contribution < -0.4 is 0 Å². The molecule has 0 saturated heterocycles. The van der Waals surface area contributed by atoms with Crippen LogP contribution in [-0.4, -0.2) is 714 Å². The zero-order valence-corrected chi connectivity index (χ0v) is 85.1. The fourth-order valence-electron chi connectivity index (χ4n) is 29.5. The van der Waals surface area contributed by atoms with E-state index in [2.05, 4.69) is 417 Å². The maximum Gasteiger partial charge on any atom is 0.0888 e. The maximum absolute atomic E-state index is 9.81. The summed E-state index contributed by atoms with van der Waals surface area (Å²) < 4.78 is -2.99. The molecule has 0 amide bonds. The van der Waals surface area contributed by atoms with E-state index in [-0.39, 0.29) is 6.21 Å². The summed E-state index contributed by atoms with van der Waals surface area (Å²) in [6.45, 7) is 0. The molecule has 0 aromatic rings. The molecular weight excluding hydrogens is 1280 g/mol. The van der Waals surface area contributed by atoms with Crippen molar-refractivity contribution in [2.45, 2.75) is 0 Å². The van der Waals surface area contributed by atoms with Gasteiger partial charge in [0.1, 0.15) is 0 Å². The molecule has 104 heteroatoms. The van der Waals surface area contributed by atoms with Crippen LogP contribution in [0, 0.1) is 0 Å². The summed E-state index contributed by atoms with van der Waals surface area (Å²) in [6.07, 6.45) is 23.8. The highest BCUT2D eigenvalue weighted by Gasteiger charge is 2.70. The molecule has 0 aromatic heterocycles. The van der Waals surface area contributed by atoms with Crippen LogP contribution in [0.4, 0.5) is 0 Å². The lowest BCUT2D eigenvalue weighted by molar-refractivity contribution is 3.18. The number of hydrogen-bond acceptors (Lipinski definition) is 1. The lowest BCUT2D eigenvalue weighted by atomic mass is 8.26. The molecule has 0 bridgehead atoms. The number of rotatable bonds is 50. The standard InChI is InChI=1S/B101H103IPS/c1-52-78(53(2)3)91(79(54(4)5)55(6)7)97(90(76(48)49)77(50)51)100(96(88(72(40)41)73(42)43)89(74(44)45)75(46)47)103(102,104)101(98(92(80(56(8)9)57(10)11)81(58(12)13)59(14)15)93(82(60(16)17)61(18)19)83(62(20)21)63(22)23)99(94(84(64(24)25)65(26)27)85(66(28)29)67(30)31)95(86(68(32)33)69(34)35)87(70(36)37)71(38)39/h52H,1-51H2. The first kappa shape index (κ1) is 112. The molecule has 0 aliphatic carbocycles. The normalized spacial score (nSPS) is 10.5. The lowest BCUT2D eigenvalue weighted by Gasteiger charge is -2.61. The fourth-order valence-corrected chi connectivity index (χ4v) is 39.5. The minimum absolute atomic E-state index is 0.286. The summed E-state index contributed by atoms with van der Waals surface area (Å²) in [7, 11) is 141. The molecule has 0 spiro atoms. The van der Waals surface area contributed by atoms with Gasteiger partial charge >= 0.3 is 0 Å². The summed E-state index contributed by atoms with van der Waals surface area (Å²) in [5, 5.41) is 0. The topological polar surface area (TPSA) is 0 Å². The Morgan fingerprint density at radius 3 is 0.356 bits per heavy atom. The molecule has 0 N–H and O–H groups in total. The van der Waals surface area contributed by atoms with Crippen molar-refractivity contribution in [2.24, 2.45) is 0 Å².